The summed E-state index contributed by atoms with van der Waals surface area (Å²) in [6, 6.07) is 0. The van der Waals surface area contributed by atoms with Gasteiger partial charge in [-0.15, -0.1) is 0 Å². The van der Waals surface area contributed by atoms with Gasteiger partial charge in [0.15, 0.2) is 23.7 Å². The number of rotatable bonds is 13. The lowest BCUT2D eigenvalue weighted by Crippen LogP contribution is -2.69. The molecule has 4 rings (SSSR count). The fraction of sp³-hybridized carbons (Fsp3) is 0.733. The quantitative estimate of drug-likeness (QED) is 0.0956. The van der Waals surface area contributed by atoms with Crippen molar-refractivity contribution in [3.05, 3.63) is 23.8 Å². The summed E-state index contributed by atoms with van der Waals surface area (Å²) in [5, 5.41) is 52.7. The number of carbonyl (C=O) groups is 4. The summed E-state index contributed by atoms with van der Waals surface area (Å²) < 4.78 is 27.1. The SMILES string of the molecule is C[C@]12C=CC(=O)C=C1CC[C@H]1[C@@H]3C[C@@H](O)[C@](O)(C(=O)COC(=O)NCC(=O)OCCCCCCON(O)O)[C@@]3(C)C[C@H](O)[C@@]12F. The van der Waals surface area contributed by atoms with Crippen LogP contribution in [0.1, 0.15) is 65.2 Å². The standard InChI is InChI=1S/C30H43FN2O12/c1-27-10-9-19(34)13-18(27)7-8-20-21-14-22(35)30(40,28(21,2)15-23(36)29(20,27)31)24(37)17-44-26(39)32-16-25(38)43-11-5-3-4-6-12-45-33(41)42/h9-10,13,20-23,35-36,40-42H,3-8,11-12,14-17H2,1-2H3,(H,32,39)/t20-,21-,22+,23-,27-,28-,29-,30-/m0/s1. The van der Waals surface area contributed by atoms with E-state index in [1.54, 1.807) is 6.92 Å². The van der Waals surface area contributed by atoms with Crippen LogP contribution in [-0.4, -0.2) is 105 Å². The maximum Gasteiger partial charge on any atom is 0.408 e. The predicted molar refractivity (Wildman–Crippen MR) is 150 cm³/mol. The molecule has 3 saturated carbocycles. The highest BCUT2D eigenvalue weighted by Gasteiger charge is 2.76. The van der Waals surface area contributed by atoms with Gasteiger partial charge in [-0.05, 0) is 69.9 Å². The van der Waals surface area contributed by atoms with Gasteiger partial charge in [0.05, 0.1) is 30.8 Å². The number of hydrogen-bond acceptors (Lipinski definition) is 13. The van der Waals surface area contributed by atoms with E-state index in [1.165, 1.54) is 25.2 Å². The first-order valence-electron chi connectivity index (χ1n) is 15.2. The Morgan fingerprint density at radius 2 is 1.73 bits per heavy atom. The zero-order valence-electron chi connectivity index (χ0n) is 25.4. The number of fused-ring (bicyclic) bond motifs is 5. The first-order chi connectivity index (χ1) is 21.1. The summed E-state index contributed by atoms with van der Waals surface area (Å²) in [7, 11) is 0. The lowest BCUT2D eigenvalue weighted by molar-refractivity contribution is -0.492. The molecule has 252 valence electrons. The predicted octanol–water partition coefficient (Wildman–Crippen LogP) is 1.47. The average Bonchev–Trinajstić information content (AvgIpc) is 3.18. The van der Waals surface area contributed by atoms with Crippen LogP contribution in [-0.2, 0) is 28.7 Å². The van der Waals surface area contributed by atoms with Crippen molar-refractivity contribution in [2.24, 2.45) is 22.7 Å². The highest BCUT2D eigenvalue weighted by atomic mass is 19.1. The number of ether oxygens (including phenoxy) is 2. The molecule has 6 N–H and O–H groups in total. The average molecular weight is 643 g/mol. The van der Waals surface area contributed by atoms with Gasteiger partial charge in [0.2, 0.25) is 5.78 Å². The molecule has 0 aromatic carbocycles. The van der Waals surface area contributed by atoms with E-state index in [9.17, 15) is 34.5 Å². The van der Waals surface area contributed by atoms with E-state index in [2.05, 4.69) is 10.2 Å². The van der Waals surface area contributed by atoms with Crippen LogP contribution < -0.4 is 5.32 Å². The minimum absolute atomic E-state index is 0.0872. The normalized spacial score (nSPS) is 36.9. The number of unbranched alkanes of at least 4 members (excludes halogenated alkanes) is 3. The van der Waals surface area contributed by atoms with Gasteiger partial charge >= 0.3 is 12.1 Å². The van der Waals surface area contributed by atoms with Crippen LogP contribution in [0.5, 0.6) is 0 Å². The second kappa shape index (κ2) is 13.5. The first-order valence-corrected chi connectivity index (χ1v) is 15.2. The fourth-order valence-electron chi connectivity index (χ4n) is 8.11. The van der Waals surface area contributed by atoms with E-state index in [0.29, 0.717) is 37.7 Å². The number of allylic oxidation sites excluding steroid dienone is 4. The Hall–Kier alpha value is -2.79. The van der Waals surface area contributed by atoms with Gasteiger partial charge in [0.25, 0.3) is 0 Å². The number of aliphatic hydroxyl groups excluding tert-OH is 2. The van der Waals surface area contributed by atoms with Crippen LogP contribution in [0.15, 0.2) is 23.8 Å². The Labute approximate surface area is 259 Å². The Morgan fingerprint density at radius 3 is 2.42 bits per heavy atom. The Morgan fingerprint density at radius 1 is 1.04 bits per heavy atom. The molecule has 0 saturated heterocycles. The van der Waals surface area contributed by atoms with Crippen LogP contribution in [0.4, 0.5) is 9.18 Å². The van der Waals surface area contributed by atoms with Crippen molar-refractivity contribution in [1.82, 2.24) is 10.7 Å². The largest absolute Gasteiger partial charge is 0.464 e. The third-order valence-corrected chi connectivity index (χ3v) is 10.5. The molecule has 0 aliphatic heterocycles. The highest BCUT2D eigenvalue weighted by molar-refractivity contribution is 6.01. The van der Waals surface area contributed by atoms with Crippen LogP contribution >= 0.6 is 0 Å². The maximum absolute atomic E-state index is 17.2. The number of hydrogen-bond donors (Lipinski definition) is 6. The first kappa shape index (κ1) is 35.1. The highest BCUT2D eigenvalue weighted by Crippen LogP contribution is 2.69. The van der Waals surface area contributed by atoms with Crippen LogP contribution in [0.2, 0.25) is 0 Å². The van der Waals surface area contributed by atoms with Gasteiger partial charge in [0, 0.05) is 16.7 Å². The number of nitrogens with zero attached hydrogens (tertiary/aromatic N) is 1. The van der Waals surface area contributed by atoms with Gasteiger partial charge in [-0.3, -0.25) is 29.6 Å². The molecule has 3 fully saturated rings. The van der Waals surface area contributed by atoms with Crippen molar-refractivity contribution in [2.45, 2.75) is 88.7 Å². The minimum Gasteiger partial charge on any atom is -0.464 e. The van der Waals surface area contributed by atoms with E-state index in [1.807, 2.05) is 0 Å². The lowest BCUT2D eigenvalue weighted by Gasteiger charge is -2.62. The van der Waals surface area contributed by atoms with E-state index in [0.717, 1.165) is 0 Å². The molecule has 8 atom stereocenters. The number of esters is 1. The number of nitrogens with one attached hydrogen (secondary N) is 1. The molecular formula is C30H43FN2O12. The molecule has 1 amide bonds. The summed E-state index contributed by atoms with van der Waals surface area (Å²) in [5.74, 6) is -3.57. The monoisotopic (exact) mass is 642 g/mol. The number of carbonyl (C=O) groups excluding carboxylic acids is 4. The van der Waals surface area contributed by atoms with Gasteiger partial charge in [-0.1, -0.05) is 25.0 Å². The molecule has 15 heteroatoms. The molecular weight excluding hydrogens is 599 g/mol. The second-order valence-corrected chi connectivity index (χ2v) is 12.9. The van der Waals surface area contributed by atoms with Gasteiger partial charge in [-0.25, -0.2) is 9.18 Å². The number of Topliss-reactive ketones (excluding diaryl/α,β-unsaturated/α-hetero) is 1. The van der Waals surface area contributed by atoms with Gasteiger partial charge in [-0.2, -0.15) is 0 Å². The minimum atomic E-state index is -2.45. The number of ketones is 2. The van der Waals surface area contributed by atoms with Crippen molar-refractivity contribution in [2.75, 3.05) is 26.4 Å². The molecule has 0 radical (unpaired) electrons. The third kappa shape index (κ3) is 6.31. The molecule has 4 aliphatic carbocycles. The number of aliphatic hydroxyl groups is 3. The van der Waals surface area contributed by atoms with Crippen molar-refractivity contribution >= 4 is 23.6 Å². The zero-order chi connectivity index (χ0) is 33.2. The second-order valence-electron chi connectivity index (χ2n) is 12.9. The number of halogens is 1. The van der Waals surface area contributed by atoms with Crippen molar-refractivity contribution < 1.29 is 63.6 Å². The van der Waals surface area contributed by atoms with E-state index >= 15 is 4.39 Å². The number of alkyl carbamates (subject to hydrolysis) is 1. The molecule has 0 bridgehead atoms. The fourth-order valence-corrected chi connectivity index (χ4v) is 8.11. The number of alkyl halides is 1. The molecule has 0 heterocycles. The maximum atomic E-state index is 17.2. The zero-order valence-corrected chi connectivity index (χ0v) is 25.4. The molecule has 0 spiro atoms. The van der Waals surface area contributed by atoms with Gasteiger partial charge < -0.3 is 30.1 Å². The third-order valence-electron chi connectivity index (χ3n) is 10.5. The Balaban J connectivity index is 1.29. The molecule has 4 aliphatic rings. The van der Waals surface area contributed by atoms with Crippen molar-refractivity contribution in [1.29, 1.82) is 0 Å². The van der Waals surface area contributed by atoms with E-state index in [-0.39, 0.29) is 43.6 Å². The summed E-state index contributed by atoms with van der Waals surface area (Å²) in [4.78, 5) is 53.9. The molecule has 0 aromatic heterocycles. The topological polar surface area (TPSA) is 212 Å². The summed E-state index contributed by atoms with van der Waals surface area (Å²) in [6.45, 7) is 1.88. The Bertz CT molecular complexity index is 1230. The van der Waals surface area contributed by atoms with Gasteiger partial charge in [0.1, 0.15) is 6.54 Å². The molecule has 0 unspecified atom stereocenters. The Kier molecular flexibility index (Phi) is 10.5. The lowest BCUT2D eigenvalue weighted by atomic mass is 9.44. The molecule has 45 heavy (non-hydrogen) atoms. The summed E-state index contributed by atoms with van der Waals surface area (Å²) >= 11 is 0. The van der Waals surface area contributed by atoms with Crippen LogP contribution in [0.3, 0.4) is 0 Å². The molecule has 14 nitrogen and oxygen atoms in total. The summed E-state index contributed by atoms with van der Waals surface area (Å²) in [6.07, 6.45) is 2.38. The van der Waals surface area contributed by atoms with Crippen molar-refractivity contribution in [3.63, 3.8) is 0 Å². The smallest absolute Gasteiger partial charge is 0.408 e. The summed E-state index contributed by atoms with van der Waals surface area (Å²) in [5.41, 5.74) is -6.82. The number of amides is 1. The molecule has 0 aromatic rings. The van der Waals surface area contributed by atoms with E-state index < -0.39 is 77.1 Å². The van der Waals surface area contributed by atoms with Crippen LogP contribution in [0.25, 0.3) is 0 Å². The van der Waals surface area contributed by atoms with Crippen LogP contribution in [0, 0.1) is 22.7 Å². The van der Waals surface area contributed by atoms with E-state index in [4.69, 9.17) is 19.9 Å². The van der Waals surface area contributed by atoms with Crippen molar-refractivity contribution in [3.8, 4) is 0 Å².